The molecule has 0 aliphatic carbocycles. The number of carbonyl (C=O) groups is 1. The van der Waals surface area contributed by atoms with Crippen LogP contribution in [0.1, 0.15) is 10.5 Å². The standard InChI is InChI=1S/C13H10ClN5OS/c1-19-11(12(20)16-13-17-15-7-21-13)6-10(18-19)8-2-4-9(14)5-3-8/h2-7H,1H3,(H,16,17,20). The van der Waals surface area contributed by atoms with E-state index in [-0.39, 0.29) is 5.91 Å². The number of nitrogens with zero attached hydrogens (tertiary/aromatic N) is 4. The topological polar surface area (TPSA) is 72.7 Å². The largest absolute Gasteiger partial charge is 0.295 e. The van der Waals surface area contributed by atoms with Crippen LogP contribution in [-0.2, 0) is 7.05 Å². The van der Waals surface area contributed by atoms with Crippen LogP contribution in [0.15, 0.2) is 35.8 Å². The Morgan fingerprint density at radius 3 is 2.76 bits per heavy atom. The van der Waals surface area contributed by atoms with E-state index < -0.39 is 0 Å². The normalized spacial score (nSPS) is 10.6. The smallest absolute Gasteiger partial charge is 0.275 e. The van der Waals surface area contributed by atoms with Gasteiger partial charge in [0.25, 0.3) is 5.91 Å². The van der Waals surface area contributed by atoms with Crippen molar-refractivity contribution < 1.29 is 4.79 Å². The van der Waals surface area contributed by atoms with Gasteiger partial charge in [-0.25, -0.2) is 0 Å². The van der Waals surface area contributed by atoms with Gasteiger partial charge < -0.3 is 0 Å². The van der Waals surface area contributed by atoms with E-state index in [1.54, 1.807) is 30.8 Å². The lowest BCUT2D eigenvalue weighted by atomic mass is 10.1. The summed E-state index contributed by atoms with van der Waals surface area (Å²) in [5.74, 6) is -0.276. The van der Waals surface area contributed by atoms with Gasteiger partial charge in [-0.1, -0.05) is 35.1 Å². The second-order valence-corrected chi connectivity index (χ2v) is 5.51. The Morgan fingerprint density at radius 1 is 1.33 bits per heavy atom. The molecule has 0 spiro atoms. The number of carbonyl (C=O) groups excluding carboxylic acids is 1. The molecule has 2 heterocycles. The number of amides is 1. The number of aryl methyl sites for hydroxylation is 1. The lowest BCUT2D eigenvalue weighted by molar-refractivity contribution is 0.101. The SMILES string of the molecule is Cn1nc(-c2ccc(Cl)cc2)cc1C(=O)Nc1nncs1. The molecule has 0 bridgehead atoms. The van der Waals surface area contributed by atoms with Crippen LogP contribution in [-0.4, -0.2) is 25.9 Å². The van der Waals surface area contributed by atoms with E-state index >= 15 is 0 Å². The summed E-state index contributed by atoms with van der Waals surface area (Å²) in [5, 5.41) is 15.6. The molecule has 0 saturated carbocycles. The number of hydrogen-bond donors (Lipinski definition) is 1. The summed E-state index contributed by atoms with van der Waals surface area (Å²) >= 11 is 7.12. The third-order valence-corrected chi connectivity index (χ3v) is 3.69. The molecule has 0 atom stereocenters. The van der Waals surface area contributed by atoms with Gasteiger partial charge in [-0.2, -0.15) is 5.10 Å². The first-order valence-corrected chi connectivity index (χ1v) is 7.27. The molecular formula is C13H10ClN5OS. The monoisotopic (exact) mass is 319 g/mol. The van der Waals surface area contributed by atoms with Gasteiger partial charge in [-0.05, 0) is 18.2 Å². The Morgan fingerprint density at radius 2 is 2.10 bits per heavy atom. The van der Waals surface area contributed by atoms with Crippen molar-refractivity contribution in [2.45, 2.75) is 0 Å². The molecule has 6 nitrogen and oxygen atoms in total. The van der Waals surface area contributed by atoms with E-state index in [9.17, 15) is 4.79 Å². The van der Waals surface area contributed by atoms with E-state index in [0.717, 1.165) is 5.56 Å². The predicted octanol–water partition coefficient (Wildman–Crippen LogP) is 2.84. The molecule has 8 heteroatoms. The third kappa shape index (κ3) is 2.93. The Labute approximate surface area is 129 Å². The van der Waals surface area contributed by atoms with Crippen molar-refractivity contribution in [3.05, 3.63) is 46.6 Å². The van der Waals surface area contributed by atoms with Crippen LogP contribution in [0.4, 0.5) is 5.13 Å². The first kappa shape index (κ1) is 13.7. The Hall–Kier alpha value is -2.25. The van der Waals surface area contributed by atoms with Crippen molar-refractivity contribution >= 4 is 34.0 Å². The van der Waals surface area contributed by atoms with E-state index in [1.807, 2.05) is 12.1 Å². The first-order valence-electron chi connectivity index (χ1n) is 6.01. The van der Waals surface area contributed by atoms with Crippen LogP contribution in [0.25, 0.3) is 11.3 Å². The van der Waals surface area contributed by atoms with Crippen LogP contribution in [0, 0.1) is 0 Å². The molecule has 21 heavy (non-hydrogen) atoms. The average molecular weight is 320 g/mol. The summed E-state index contributed by atoms with van der Waals surface area (Å²) < 4.78 is 1.53. The summed E-state index contributed by atoms with van der Waals surface area (Å²) in [7, 11) is 1.72. The van der Waals surface area contributed by atoms with Gasteiger partial charge in [0, 0.05) is 17.6 Å². The fourth-order valence-corrected chi connectivity index (χ4v) is 2.40. The molecule has 106 valence electrons. The second kappa shape index (κ2) is 5.63. The highest BCUT2D eigenvalue weighted by molar-refractivity contribution is 7.13. The maximum absolute atomic E-state index is 12.2. The van der Waals surface area contributed by atoms with Gasteiger partial charge in [0.15, 0.2) is 0 Å². The van der Waals surface area contributed by atoms with E-state index in [0.29, 0.717) is 21.5 Å². The summed E-state index contributed by atoms with van der Waals surface area (Å²) in [6.07, 6.45) is 0. The molecule has 1 aromatic carbocycles. The van der Waals surface area contributed by atoms with Gasteiger partial charge in [-0.3, -0.25) is 14.8 Å². The van der Waals surface area contributed by atoms with Gasteiger partial charge in [0.2, 0.25) is 5.13 Å². The van der Waals surface area contributed by atoms with Crippen LogP contribution >= 0.6 is 22.9 Å². The van der Waals surface area contributed by atoms with Crippen LogP contribution in [0.2, 0.25) is 5.02 Å². The minimum Gasteiger partial charge on any atom is -0.295 e. The molecule has 0 fully saturated rings. The number of hydrogen-bond acceptors (Lipinski definition) is 5. The fraction of sp³-hybridized carbons (Fsp3) is 0.0769. The Bertz CT molecular complexity index is 766. The number of rotatable bonds is 3. The van der Waals surface area contributed by atoms with Crippen molar-refractivity contribution in [1.82, 2.24) is 20.0 Å². The highest BCUT2D eigenvalue weighted by atomic mass is 35.5. The maximum Gasteiger partial charge on any atom is 0.275 e. The van der Waals surface area contributed by atoms with Gasteiger partial charge >= 0.3 is 0 Å². The minimum absolute atomic E-state index is 0.276. The maximum atomic E-state index is 12.2. The summed E-state index contributed by atoms with van der Waals surface area (Å²) in [5.41, 5.74) is 3.59. The van der Waals surface area contributed by atoms with Gasteiger partial charge in [0.05, 0.1) is 5.69 Å². The highest BCUT2D eigenvalue weighted by Gasteiger charge is 2.15. The molecule has 0 aliphatic heterocycles. The molecule has 3 rings (SSSR count). The predicted molar refractivity (Wildman–Crippen MR) is 81.5 cm³/mol. The summed E-state index contributed by atoms with van der Waals surface area (Å²) in [6, 6.07) is 9.01. The lowest BCUT2D eigenvalue weighted by Gasteiger charge is -2.00. The number of aromatic nitrogens is 4. The quantitative estimate of drug-likeness (QED) is 0.805. The molecule has 3 aromatic rings. The zero-order valence-electron chi connectivity index (χ0n) is 10.9. The first-order chi connectivity index (χ1) is 10.1. The van der Waals surface area contributed by atoms with Crippen molar-refractivity contribution in [2.24, 2.45) is 7.05 Å². The molecule has 2 aromatic heterocycles. The van der Waals surface area contributed by atoms with Crippen LogP contribution in [0.5, 0.6) is 0 Å². The van der Waals surface area contributed by atoms with Crippen molar-refractivity contribution in [3.8, 4) is 11.3 Å². The lowest BCUT2D eigenvalue weighted by Crippen LogP contribution is -2.15. The van der Waals surface area contributed by atoms with E-state index in [1.165, 1.54) is 16.0 Å². The summed E-state index contributed by atoms with van der Waals surface area (Å²) in [6.45, 7) is 0. The van der Waals surface area contributed by atoms with Gasteiger partial charge in [-0.15, -0.1) is 10.2 Å². The number of benzene rings is 1. The highest BCUT2D eigenvalue weighted by Crippen LogP contribution is 2.21. The third-order valence-electron chi connectivity index (χ3n) is 2.83. The Balaban J connectivity index is 1.87. The van der Waals surface area contributed by atoms with E-state index in [2.05, 4.69) is 20.6 Å². The molecule has 1 amide bonds. The number of anilines is 1. The zero-order valence-corrected chi connectivity index (χ0v) is 12.5. The number of halogens is 1. The molecule has 0 radical (unpaired) electrons. The molecule has 0 aliphatic rings. The fourth-order valence-electron chi connectivity index (χ4n) is 1.83. The number of nitrogens with one attached hydrogen (secondary N) is 1. The average Bonchev–Trinajstić information content (AvgIpc) is 3.09. The second-order valence-electron chi connectivity index (χ2n) is 4.24. The van der Waals surface area contributed by atoms with Gasteiger partial charge in [0.1, 0.15) is 11.2 Å². The van der Waals surface area contributed by atoms with Crippen molar-refractivity contribution in [3.63, 3.8) is 0 Å². The molecule has 0 unspecified atom stereocenters. The van der Waals surface area contributed by atoms with E-state index in [4.69, 9.17) is 11.6 Å². The van der Waals surface area contributed by atoms with Crippen molar-refractivity contribution in [1.29, 1.82) is 0 Å². The minimum atomic E-state index is -0.276. The van der Waals surface area contributed by atoms with Crippen LogP contribution < -0.4 is 5.32 Å². The van der Waals surface area contributed by atoms with Crippen molar-refractivity contribution in [2.75, 3.05) is 5.32 Å². The molecule has 0 saturated heterocycles. The molecular weight excluding hydrogens is 310 g/mol. The summed E-state index contributed by atoms with van der Waals surface area (Å²) in [4.78, 5) is 12.2. The van der Waals surface area contributed by atoms with Crippen LogP contribution in [0.3, 0.4) is 0 Å². The zero-order chi connectivity index (χ0) is 14.8. The molecule has 1 N–H and O–H groups in total. The Kier molecular flexibility index (Phi) is 3.68.